The maximum atomic E-state index is 11.9. The number of rotatable bonds is 7. The van der Waals surface area contributed by atoms with Gasteiger partial charge >= 0.3 is 0 Å². The summed E-state index contributed by atoms with van der Waals surface area (Å²) in [4.78, 5) is 23.0. The molecule has 1 aromatic heterocycles. The van der Waals surface area contributed by atoms with E-state index in [1.54, 1.807) is 19.2 Å². The number of anilines is 5. The van der Waals surface area contributed by atoms with E-state index in [1.165, 1.54) is 13.1 Å². The first-order valence-electron chi connectivity index (χ1n) is 10.4. The highest BCUT2D eigenvalue weighted by molar-refractivity contribution is 6.33. The van der Waals surface area contributed by atoms with Crippen LogP contribution in [0.1, 0.15) is 17.3 Å². The lowest BCUT2D eigenvalue weighted by atomic mass is 10.1. The first-order valence-corrected chi connectivity index (χ1v) is 10.7. The summed E-state index contributed by atoms with van der Waals surface area (Å²) in [6, 6.07) is 13.2. The molecule has 0 saturated carbocycles. The first kappa shape index (κ1) is 21.9. The highest BCUT2D eigenvalue weighted by Gasteiger charge is 2.15. The second kappa shape index (κ2) is 9.84. The number of piperazine rings is 1. The Kier molecular flexibility index (Phi) is 6.72. The zero-order valence-electron chi connectivity index (χ0n) is 18.0. The SMILES string of the molecule is COc1cc(N2CCNCC2)ccc1Nc1ncc(Cl)c(Nc2ccccc2C(C)=O)n1. The van der Waals surface area contributed by atoms with Crippen molar-refractivity contribution in [2.45, 2.75) is 6.92 Å². The minimum atomic E-state index is -0.0501. The molecule has 32 heavy (non-hydrogen) atoms. The number of nitrogens with one attached hydrogen (secondary N) is 3. The van der Waals surface area contributed by atoms with Crippen LogP contribution in [0.4, 0.5) is 28.8 Å². The van der Waals surface area contributed by atoms with Gasteiger partial charge < -0.3 is 25.6 Å². The van der Waals surface area contributed by atoms with Crippen LogP contribution in [-0.2, 0) is 0 Å². The number of benzene rings is 2. The van der Waals surface area contributed by atoms with Crippen LogP contribution in [0, 0.1) is 0 Å². The summed E-state index contributed by atoms with van der Waals surface area (Å²) in [5.41, 5.74) is 3.03. The number of aromatic nitrogens is 2. The van der Waals surface area contributed by atoms with E-state index in [2.05, 4.69) is 30.8 Å². The number of nitrogens with zero attached hydrogens (tertiary/aromatic N) is 3. The fourth-order valence-electron chi connectivity index (χ4n) is 3.57. The largest absolute Gasteiger partial charge is 0.494 e. The van der Waals surface area contributed by atoms with Gasteiger partial charge in [-0.3, -0.25) is 4.79 Å². The molecule has 9 heteroatoms. The summed E-state index contributed by atoms with van der Waals surface area (Å²) < 4.78 is 5.60. The normalized spacial score (nSPS) is 13.5. The molecule has 166 valence electrons. The lowest BCUT2D eigenvalue weighted by Crippen LogP contribution is -2.43. The second-order valence-electron chi connectivity index (χ2n) is 7.36. The van der Waals surface area contributed by atoms with E-state index in [0.29, 0.717) is 33.8 Å². The molecule has 0 radical (unpaired) electrons. The van der Waals surface area contributed by atoms with Gasteiger partial charge in [-0.05, 0) is 31.2 Å². The summed E-state index contributed by atoms with van der Waals surface area (Å²) in [5, 5.41) is 10.0. The van der Waals surface area contributed by atoms with E-state index >= 15 is 0 Å². The van der Waals surface area contributed by atoms with Gasteiger partial charge in [0.05, 0.1) is 24.7 Å². The van der Waals surface area contributed by atoms with Gasteiger partial charge in [0.15, 0.2) is 11.6 Å². The fourth-order valence-corrected chi connectivity index (χ4v) is 3.70. The molecule has 8 nitrogen and oxygen atoms in total. The van der Waals surface area contributed by atoms with Crippen LogP contribution in [0.2, 0.25) is 5.02 Å². The average molecular weight is 453 g/mol. The molecule has 0 bridgehead atoms. The molecule has 1 aliphatic rings. The average Bonchev–Trinajstić information content (AvgIpc) is 2.82. The van der Waals surface area contributed by atoms with Crippen LogP contribution in [-0.4, -0.2) is 49.0 Å². The van der Waals surface area contributed by atoms with Gasteiger partial charge in [0, 0.05) is 43.5 Å². The van der Waals surface area contributed by atoms with Gasteiger partial charge in [-0.2, -0.15) is 4.98 Å². The maximum Gasteiger partial charge on any atom is 0.229 e. The third kappa shape index (κ3) is 4.92. The molecule has 2 heterocycles. The summed E-state index contributed by atoms with van der Waals surface area (Å²) in [5.74, 6) is 1.39. The lowest BCUT2D eigenvalue weighted by molar-refractivity contribution is 0.101. The molecule has 0 atom stereocenters. The molecule has 1 saturated heterocycles. The number of hydrogen-bond donors (Lipinski definition) is 3. The quantitative estimate of drug-likeness (QED) is 0.458. The van der Waals surface area contributed by atoms with Gasteiger partial charge in [-0.15, -0.1) is 0 Å². The Morgan fingerprint density at radius 2 is 1.91 bits per heavy atom. The molecular weight excluding hydrogens is 428 g/mol. The van der Waals surface area contributed by atoms with Crippen molar-refractivity contribution in [3.63, 3.8) is 0 Å². The molecule has 2 aromatic carbocycles. The van der Waals surface area contributed by atoms with Gasteiger partial charge in [-0.1, -0.05) is 23.7 Å². The van der Waals surface area contributed by atoms with Crippen molar-refractivity contribution in [3.8, 4) is 5.75 Å². The zero-order valence-corrected chi connectivity index (χ0v) is 18.7. The van der Waals surface area contributed by atoms with Crippen molar-refractivity contribution in [2.75, 3.05) is 48.8 Å². The third-order valence-corrected chi connectivity index (χ3v) is 5.49. The summed E-state index contributed by atoms with van der Waals surface area (Å²) >= 11 is 6.31. The van der Waals surface area contributed by atoms with Crippen molar-refractivity contribution in [1.29, 1.82) is 0 Å². The number of ketones is 1. The predicted octanol–water partition coefficient (Wildman–Crippen LogP) is 4.24. The van der Waals surface area contributed by atoms with Crippen molar-refractivity contribution < 1.29 is 9.53 Å². The second-order valence-corrected chi connectivity index (χ2v) is 7.77. The Morgan fingerprint density at radius 3 is 2.66 bits per heavy atom. The maximum absolute atomic E-state index is 11.9. The fraction of sp³-hybridized carbons (Fsp3) is 0.261. The molecule has 1 fully saturated rings. The van der Waals surface area contributed by atoms with E-state index in [-0.39, 0.29) is 5.78 Å². The van der Waals surface area contributed by atoms with E-state index < -0.39 is 0 Å². The predicted molar refractivity (Wildman–Crippen MR) is 128 cm³/mol. The number of ether oxygens (including phenoxy) is 1. The monoisotopic (exact) mass is 452 g/mol. The summed E-state index contributed by atoms with van der Waals surface area (Å²) in [7, 11) is 1.64. The van der Waals surface area contributed by atoms with Crippen LogP contribution in [0.5, 0.6) is 5.75 Å². The highest BCUT2D eigenvalue weighted by atomic mass is 35.5. The van der Waals surface area contributed by atoms with Crippen LogP contribution in [0.25, 0.3) is 0 Å². The smallest absolute Gasteiger partial charge is 0.229 e. The van der Waals surface area contributed by atoms with Gasteiger partial charge in [0.2, 0.25) is 5.95 Å². The molecule has 3 N–H and O–H groups in total. The Labute approximate surface area is 192 Å². The number of carbonyl (C=O) groups is 1. The van der Waals surface area contributed by atoms with Gasteiger partial charge in [-0.25, -0.2) is 4.98 Å². The van der Waals surface area contributed by atoms with Crippen LogP contribution >= 0.6 is 11.6 Å². The summed E-state index contributed by atoms with van der Waals surface area (Å²) in [6.07, 6.45) is 1.51. The molecule has 0 unspecified atom stereocenters. The number of Topliss-reactive ketones (excluding diaryl/α,β-unsaturated/α-hetero) is 1. The van der Waals surface area contributed by atoms with Crippen LogP contribution < -0.4 is 25.6 Å². The Balaban J connectivity index is 1.57. The number of hydrogen-bond acceptors (Lipinski definition) is 8. The lowest BCUT2D eigenvalue weighted by Gasteiger charge is -2.30. The van der Waals surface area contributed by atoms with E-state index in [1.807, 2.05) is 30.3 Å². The minimum absolute atomic E-state index is 0.0501. The number of para-hydroxylation sites is 1. The van der Waals surface area contributed by atoms with Crippen molar-refractivity contribution in [2.24, 2.45) is 0 Å². The topological polar surface area (TPSA) is 91.4 Å². The molecule has 1 aliphatic heterocycles. The molecule has 4 rings (SSSR count). The van der Waals surface area contributed by atoms with Gasteiger partial charge in [0.1, 0.15) is 10.8 Å². The van der Waals surface area contributed by atoms with Crippen molar-refractivity contribution in [3.05, 3.63) is 59.2 Å². The number of halogens is 1. The Bertz CT molecular complexity index is 1120. The van der Waals surface area contributed by atoms with Crippen LogP contribution in [0.3, 0.4) is 0 Å². The Hall–Kier alpha value is -3.36. The van der Waals surface area contributed by atoms with Crippen molar-refractivity contribution >= 4 is 46.2 Å². The van der Waals surface area contributed by atoms with Crippen LogP contribution in [0.15, 0.2) is 48.7 Å². The van der Waals surface area contributed by atoms with E-state index in [9.17, 15) is 4.79 Å². The number of carbonyl (C=O) groups excluding carboxylic acids is 1. The highest BCUT2D eigenvalue weighted by Crippen LogP contribution is 2.33. The zero-order chi connectivity index (χ0) is 22.5. The first-order chi connectivity index (χ1) is 15.5. The van der Waals surface area contributed by atoms with Gasteiger partial charge in [0.25, 0.3) is 0 Å². The van der Waals surface area contributed by atoms with E-state index in [4.69, 9.17) is 16.3 Å². The molecule has 3 aromatic rings. The molecule has 0 aliphatic carbocycles. The molecule has 0 amide bonds. The summed E-state index contributed by atoms with van der Waals surface area (Å²) in [6.45, 7) is 5.35. The minimum Gasteiger partial charge on any atom is -0.494 e. The standard InChI is InChI=1S/C23H25ClN6O2/c1-15(31)17-5-3-4-6-19(17)27-22-18(24)14-26-23(29-22)28-20-8-7-16(13-21(20)32-2)30-11-9-25-10-12-30/h3-8,13-14,25H,9-12H2,1-2H3,(H2,26,27,28,29). The third-order valence-electron chi connectivity index (χ3n) is 5.22. The number of methoxy groups -OCH3 is 1. The van der Waals surface area contributed by atoms with Crippen molar-refractivity contribution in [1.82, 2.24) is 15.3 Å². The molecular formula is C23H25ClN6O2. The molecule has 0 spiro atoms. The Morgan fingerprint density at radius 1 is 1.12 bits per heavy atom. The van der Waals surface area contributed by atoms with E-state index in [0.717, 1.165) is 37.6 Å².